The first-order chi connectivity index (χ1) is 10.9. The largest absolute Gasteiger partial charge is 0.323 e. The summed E-state index contributed by atoms with van der Waals surface area (Å²) in [4.78, 5) is 12.3. The van der Waals surface area contributed by atoms with Gasteiger partial charge in [0.15, 0.2) is 0 Å². The summed E-state index contributed by atoms with van der Waals surface area (Å²) in [7, 11) is 0. The zero-order chi connectivity index (χ0) is 17.0. The van der Waals surface area contributed by atoms with Crippen LogP contribution in [0.3, 0.4) is 0 Å². The zero-order valence-electron chi connectivity index (χ0n) is 12.7. The molecule has 1 amide bonds. The SMILES string of the molecule is C[C@H](N[C@H](C)C(=O)Nc1ccc(Cl)cc1Cl)c1ccccc1Cl. The van der Waals surface area contributed by atoms with Crippen molar-refractivity contribution in [3.63, 3.8) is 0 Å². The van der Waals surface area contributed by atoms with Gasteiger partial charge < -0.3 is 5.32 Å². The minimum atomic E-state index is -0.423. The van der Waals surface area contributed by atoms with Crippen LogP contribution in [-0.2, 0) is 4.79 Å². The van der Waals surface area contributed by atoms with E-state index in [1.54, 1.807) is 25.1 Å². The molecule has 2 aromatic rings. The smallest absolute Gasteiger partial charge is 0.241 e. The van der Waals surface area contributed by atoms with Crippen LogP contribution in [0, 0.1) is 0 Å². The van der Waals surface area contributed by atoms with Crippen LogP contribution in [0.15, 0.2) is 42.5 Å². The second-order valence-electron chi connectivity index (χ2n) is 5.24. The Labute approximate surface area is 150 Å². The number of rotatable bonds is 5. The lowest BCUT2D eigenvalue weighted by Gasteiger charge is -2.21. The Bertz CT molecular complexity index is 706. The Kier molecular flexibility index (Phi) is 6.31. The summed E-state index contributed by atoms with van der Waals surface area (Å²) < 4.78 is 0. The van der Waals surface area contributed by atoms with E-state index >= 15 is 0 Å². The predicted octanol–water partition coefficient (Wildman–Crippen LogP) is 5.32. The van der Waals surface area contributed by atoms with E-state index in [0.29, 0.717) is 20.8 Å². The first-order valence-corrected chi connectivity index (χ1v) is 8.28. The number of anilines is 1. The third-order valence-corrected chi connectivity index (χ3v) is 4.35. The fourth-order valence-electron chi connectivity index (χ4n) is 2.20. The van der Waals surface area contributed by atoms with Gasteiger partial charge in [0.05, 0.1) is 16.8 Å². The lowest BCUT2D eigenvalue weighted by atomic mass is 10.1. The predicted molar refractivity (Wildman–Crippen MR) is 97.6 cm³/mol. The van der Waals surface area contributed by atoms with E-state index in [2.05, 4.69) is 10.6 Å². The molecule has 3 nitrogen and oxygen atoms in total. The van der Waals surface area contributed by atoms with Crippen molar-refractivity contribution in [1.29, 1.82) is 0 Å². The summed E-state index contributed by atoms with van der Waals surface area (Å²) in [5.41, 5.74) is 1.47. The lowest BCUT2D eigenvalue weighted by molar-refractivity contribution is -0.117. The van der Waals surface area contributed by atoms with Gasteiger partial charge in [-0.2, -0.15) is 0 Å². The van der Waals surface area contributed by atoms with Crippen LogP contribution in [-0.4, -0.2) is 11.9 Å². The van der Waals surface area contributed by atoms with Crippen molar-refractivity contribution >= 4 is 46.4 Å². The Balaban J connectivity index is 2.01. The summed E-state index contributed by atoms with van der Waals surface area (Å²) in [6.45, 7) is 3.74. The van der Waals surface area contributed by atoms with Gasteiger partial charge in [-0.05, 0) is 43.7 Å². The number of amides is 1. The number of halogens is 3. The molecule has 2 aromatic carbocycles. The number of hydrogen-bond donors (Lipinski definition) is 2. The van der Waals surface area contributed by atoms with Crippen LogP contribution in [0.1, 0.15) is 25.5 Å². The van der Waals surface area contributed by atoms with Crippen molar-refractivity contribution in [2.24, 2.45) is 0 Å². The highest BCUT2D eigenvalue weighted by Crippen LogP contribution is 2.26. The van der Waals surface area contributed by atoms with E-state index in [4.69, 9.17) is 34.8 Å². The van der Waals surface area contributed by atoms with E-state index in [0.717, 1.165) is 5.56 Å². The molecule has 122 valence electrons. The molecule has 0 aliphatic heterocycles. The second kappa shape index (κ2) is 8.02. The molecule has 2 N–H and O–H groups in total. The minimum absolute atomic E-state index is 0.0647. The minimum Gasteiger partial charge on any atom is -0.323 e. The first kappa shape index (κ1) is 18.1. The summed E-state index contributed by atoms with van der Waals surface area (Å²) >= 11 is 18.1. The molecule has 0 bridgehead atoms. The van der Waals surface area contributed by atoms with Crippen molar-refractivity contribution < 1.29 is 4.79 Å². The maximum atomic E-state index is 12.3. The van der Waals surface area contributed by atoms with Crippen molar-refractivity contribution in [3.05, 3.63) is 63.1 Å². The van der Waals surface area contributed by atoms with Crippen LogP contribution in [0.2, 0.25) is 15.1 Å². The number of benzene rings is 2. The molecule has 6 heteroatoms. The van der Waals surface area contributed by atoms with Gasteiger partial charge in [-0.3, -0.25) is 10.1 Å². The summed E-state index contributed by atoms with van der Waals surface area (Å²) in [6.07, 6.45) is 0. The standard InChI is InChI=1S/C17H17Cl3N2O/c1-10(13-5-3-4-6-14(13)19)21-11(2)17(23)22-16-8-7-12(18)9-15(16)20/h3-11,21H,1-2H3,(H,22,23)/t10-,11+/m0/s1. The molecule has 2 rings (SSSR count). The summed E-state index contributed by atoms with van der Waals surface area (Å²) in [5, 5.41) is 7.59. The molecular weight excluding hydrogens is 355 g/mol. The van der Waals surface area contributed by atoms with Crippen molar-refractivity contribution in [3.8, 4) is 0 Å². The number of nitrogens with one attached hydrogen (secondary N) is 2. The zero-order valence-corrected chi connectivity index (χ0v) is 15.0. The van der Waals surface area contributed by atoms with Crippen LogP contribution >= 0.6 is 34.8 Å². The highest BCUT2D eigenvalue weighted by Gasteiger charge is 2.18. The summed E-state index contributed by atoms with van der Waals surface area (Å²) in [5.74, 6) is -0.187. The highest BCUT2D eigenvalue weighted by molar-refractivity contribution is 6.36. The molecule has 0 spiro atoms. The molecule has 2 atom stereocenters. The molecule has 0 radical (unpaired) electrons. The van der Waals surface area contributed by atoms with Crippen molar-refractivity contribution in [2.75, 3.05) is 5.32 Å². The summed E-state index contributed by atoms with van der Waals surface area (Å²) in [6, 6.07) is 12.0. The quantitative estimate of drug-likeness (QED) is 0.746. The van der Waals surface area contributed by atoms with Crippen LogP contribution in [0.4, 0.5) is 5.69 Å². The van der Waals surface area contributed by atoms with Gasteiger partial charge in [0, 0.05) is 16.1 Å². The molecule has 0 saturated heterocycles. The Morgan fingerprint density at radius 1 is 1.00 bits per heavy atom. The topological polar surface area (TPSA) is 41.1 Å². The van der Waals surface area contributed by atoms with Gasteiger partial charge in [0.1, 0.15) is 0 Å². The number of carbonyl (C=O) groups excluding carboxylic acids is 1. The van der Waals surface area contributed by atoms with Gasteiger partial charge in [0.25, 0.3) is 0 Å². The van der Waals surface area contributed by atoms with E-state index in [1.807, 2.05) is 31.2 Å². The Morgan fingerprint density at radius 2 is 1.70 bits per heavy atom. The van der Waals surface area contributed by atoms with E-state index in [-0.39, 0.29) is 11.9 Å². The molecule has 0 aromatic heterocycles. The van der Waals surface area contributed by atoms with E-state index in [1.165, 1.54) is 0 Å². The number of hydrogen-bond acceptors (Lipinski definition) is 2. The van der Waals surface area contributed by atoms with Gasteiger partial charge in [-0.1, -0.05) is 53.0 Å². The maximum absolute atomic E-state index is 12.3. The monoisotopic (exact) mass is 370 g/mol. The molecule has 0 aliphatic carbocycles. The van der Waals surface area contributed by atoms with Gasteiger partial charge in [-0.25, -0.2) is 0 Å². The van der Waals surface area contributed by atoms with Crippen LogP contribution in [0.5, 0.6) is 0 Å². The fourth-order valence-corrected chi connectivity index (χ4v) is 2.95. The third kappa shape index (κ3) is 4.85. The average Bonchev–Trinajstić information content (AvgIpc) is 2.50. The highest BCUT2D eigenvalue weighted by atomic mass is 35.5. The maximum Gasteiger partial charge on any atom is 0.241 e. The molecule has 0 aliphatic rings. The van der Waals surface area contributed by atoms with Crippen molar-refractivity contribution in [2.45, 2.75) is 25.9 Å². The number of carbonyl (C=O) groups is 1. The lowest BCUT2D eigenvalue weighted by Crippen LogP contribution is -2.39. The average molecular weight is 372 g/mol. The van der Waals surface area contributed by atoms with Crippen LogP contribution in [0.25, 0.3) is 0 Å². The molecule has 0 heterocycles. The Hall–Kier alpha value is -1.26. The van der Waals surface area contributed by atoms with Crippen molar-refractivity contribution in [1.82, 2.24) is 5.32 Å². The second-order valence-corrected chi connectivity index (χ2v) is 6.50. The van der Waals surface area contributed by atoms with E-state index in [9.17, 15) is 4.79 Å². The molecular formula is C17H17Cl3N2O. The molecule has 0 unspecified atom stereocenters. The van der Waals surface area contributed by atoms with Crippen LogP contribution < -0.4 is 10.6 Å². The van der Waals surface area contributed by atoms with Gasteiger partial charge in [0.2, 0.25) is 5.91 Å². The first-order valence-electron chi connectivity index (χ1n) is 7.15. The fraction of sp³-hybridized carbons (Fsp3) is 0.235. The van der Waals surface area contributed by atoms with Gasteiger partial charge in [-0.15, -0.1) is 0 Å². The van der Waals surface area contributed by atoms with Gasteiger partial charge >= 0.3 is 0 Å². The van der Waals surface area contributed by atoms with E-state index < -0.39 is 6.04 Å². The molecule has 0 fully saturated rings. The molecule has 0 saturated carbocycles. The molecule has 23 heavy (non-hydrogen) atoms. The normalized spacial score (nSPS) is 13.4. The Morgan fingerprint density at radius 3 is 2.35 bits per heavy atom. The third-order valence-electron chi connectivity index (χ3n) is 3.45.